The fraction of sp³-hybridized carbons (Fsp3) is 0.143. The first-order valence-corrected chi connectivity index (χ1v) is 7.18. The molecule has 108 valence electrons. The van der Waals surface area contributed by atoms with Crippen LogP contribution in [0.15, 0.2) is 46.0 Å². The lowest BCUT2D eigenvalue weighted by molar-refractivity contribution is 0.258. The summed E-state index contributed by atoms with van der Waals surface area (Å²) in [6.45, 7) is 0.151. The summed E-state index contributed by atoms with van der Waals surface area (Å²) in [6, 6.07) is 7.82. The highest BCUT2D eigenvalue weighted by molar-refractivity contribution is 8.13. The highest BCUT2D eigenvalue weighted by Gasteiger charge is 2.06. The average molecular weight is 305 g/mol. The van der Waals surface area contributed by atoms with Crippen molar-refractivity contribution in [3.8, 4) is 11.9 Å². The molecule has 2 rings (SSSR count). The van der Waals surface area contributed by atoms with E-state index in [-0.39, 0.29) is 12.4 Å². The number of thioether (sulfide) groups is 1. The maximum Gasteiger partial charge on any atom is 0.183 e. The summed E-state index contributed by atoms with van der Waals surface area (Å²) >= 11 is 1.26. The number of hydrogen-bond donors (Lipinski definition) is 1. The molecule has 1 heterocycles. The van der Waals surface area contributed by atoms with Gasteiger partial charge in [0, 0.05) is 6.07 Å². The number of rotatable bonds is 4. The summed E-state index contributed by atoms with van der Waals surface area (Å²) in [7, 11) is 0. The Labute approximate surface area is 125 Å². The van der Waals surface area contributed by atoms with Crippen LogP contribution in [0.5, 0.6) is 5.75 Å². The van der Waals surface area contributed by atoms with Gasteiger partial charge in [0.15, 0.2) is 22.9 Å². The predicted molar refractivity (Wildman–Crippen MR) is 78.8 cm³/mol. The molecule has 0 aliphatic rings. The van der Waals surface area contributed by atoms with Crippen LogP contribution < -0.4 is 10.1 Å². The molecule has 1 aromatic heterocycles. The van der Waals surface area contributed by atoms with Crippen molar-refractivity contribution in [1.82, 2.24) is 5.32 Å². The normalized spacial score (nSPS) is 11.0. The van der Waals surface area contributed by atoms with Gasteiger partial charge in [-0.1, -0.05) is 11.8 Å². The number of furan rings is 1. The molecular weight excluding hydrogens is 293 g/mol. The van der Waals surface area contributed by atoms with Crippen LogP contribution in [-0.2, 0) is 6.61 Å². The minimum Gasteiger partial charge on any atom is -0.483 e. The van der Waals surface area contributed by atoms with Gasteiger partial charge in [-0.25, -0.2) is 9.38 Å². The van der Waals surface area contributed by atoms with Crippen LogP contribution in [0.2, 0.25) is 0 Å². The number of ether oxygens (including phenoxy) is 1. The molecule has 0 fully saturated rings. The first kappa shape index (κ1) is 14.9. The molecular formula is C14H12FN3O2S. The molecule has 0 unspecified atom stereocenters. The largest absolute Gasteiger partial charge is 0.483 e. The van der Waals surface area contributed by atoms with Gasteiger partial charge in [0.1, 0.15) is 12.4 Å². The lowest BCUT2D eigenvalue weighted by Gasteiger charge is -2.06. The quantitative estimate of drug-likeness (QED) is 0.405. The number of nitrogens with zero attached hydrogens (tertiary/aromatic N) is 2. The van der Waals surface area contributed by atoms with Gasteiger partial charge in [-0.05, 0) is 30.5 Å². The Morgan fingerprint density at radius 2 is 2.38 bits per heavy atom. The first-order chi connectivity index (χ1) is 10.2. The van der Waals surface area contributed by atoms with Crippen molar-refractivity contribution < 1.29 is 13.5 Å². The van der Waals surface area contributed by atoms with Gasteiger partial charge >= 0.3 is 0 Å². The zero-order chi connectivity index (χ0) is 15.1. The average Bonchev–Trinajstić information content (AvgIpc) is 2.99. The molecule has 1 N–H and O–H groups in total. The van der Waals surface area contributed by atoms with Crippen molar-refractivity contribution in [3.63, 3.8) is 0 Å². The maximum atomic E-state index is 13.9. The molecule has 0 atom stereocenters. The Morgan fingerprint density at radius 1 is 1.52 bits per heavy atom. The van der Waals surface area contributed by atoms with Crippen molar-refractivity contribution >= 4 is 22.6 Å². The molecule has 7 heteroatoms. The fourth-order valence-corrected chi connectivity index (χ4v) is 1.85. The van der Waals surface area contributed by atoms with Crippen LogP contribution in [0.4, 0.5) is 10.1 Å². The van der Waals surface area contributed by atoms with Crippen LogP contribution in [0.25, 0.3) is 0 Å². The Bertz CT molecular complexity index is 665. The van der Waals surface area contributed by atoms with Crippen LogP contribution in [0.3, 0.4) is 0 Å². The van der Waals surface area contributed by atoms with E-state index >= 15 is 0 Å². The fourth-order valence-electron chi connectivity index (χ4n) is 1.51. The first-order valence-electron chi connectivity index (χ1n) is 5.95. The molecule has 0 saturated carbocycles. The maximum absolute atomic E-state index is 13.9. The van der Waals surface area contributed by atoms with E-state index in [1.54, 1.807) is 30.6 Å². The smallest absolute Gasteiger partial charge is 0.183 e. The van der Waals surface area contributed by atoms with Gasteiger partial charge in [0.25, 0.3) is 0 Å². The van der Waals surface area contributed by atoms with Gasteiger partial charge in [0.05, 0.1) is 12.0 Å². The number of benzene rings is 1. The minimum atomic E-state index is -0.528. The minimum absolute atomic E-state index is 0.115. The van der Waals surface area contributed by atoms with Gasteiger partial charge < -0.3 is 9.15 Å². The molecule has 0 radical (unpaired) electrons. The Balaban J connectivity index is 2.08. The number of nitrogens with one attached hydrogen (secondary N) is 1. The summed E-state index contributed by atoms with van der Waals surface area (Å²) < 4.78 is 24.3. The van der Waals surface area contributed by atoms with Crippen LogP contribution in [0.1, 0.15) is 5.76 Å². The van der Waals surface area contributed by atoms with Gasteiger partial charge in [-0.2, -0.15) is 5.26 Å². The van der Waals surface area contributed by atoms with E-state index in [1.807, 2.05) is 0 Å². The van der Waals surface area contributed by atoms with E-state index in [2.05, 4.69) is 10.3 Å². The Kier molecular flexibility index (Phi) is 5.23. The highest BCUT2D eigenvalue weighted by atomic mass is 32.2. The molecule has 0 aliphatic heterocycles. The summed E-state index contributed by atoms with van der Waals surface area (Å²) in [5.41, 5.74) is 0.393. The second-order valence-electron chi connectivity index (χ2n) is 3.84. The zero-order valence-corrected chi connectivity index (χ0v) is 12.0. The van der Waals surface area contributed by atoms with Crippen molar-refractivity contribution in [3.05, 3.63) is 48.2 Å². The summed E-state index contributed by atoms with van der Waals surface area (Å²) in [6.07, 6.45) is 5.06. The lowest BCUT2D eigenvalue weighted by atomic mass is 10.3. The van der Waals surface area contributed by atoms with Gasteiger partial charge in [-0.3, -0.25) is 5.32 Å². The number of hydrogen-bond acceptors (Lipinski definition) is 5. The third-order valence-corrected chi connectivity index (χ3v) is 3.03. The molecule has 0 spiro atoms. The Morgan fingerprint density at radius 3 is 3.00 bits per heavy atom. The molecule has 1 aromatic carbocycles. The van der Waals surface area contributed by atoms with Crippen molar-refractivity contribution in [2.45, 2.75) is 6.61 Å². The SMILES string of the molecule is CSC(=Nc1ccc(OCc2ccco2)c(F)c1)NC#N. The lowest BCUT2D eigenvalue weighted by Crippen LogP contribution is -2.12. The van der Waals surface area contributed by atoms with Crippen LogP contribution >= 0.6 is 11.8 Å². The number of nitriles is 1. The van der Waals surface area contributed by atoms with E-state index in [4.69, 9.17) is 14.4 Å². The van der Waals surface area contributed by atoms with E-state index in [9.17, 15) is 4.39 Å². The topological polar surface area (TPSA) is 70.6 Å². The summed E-state index contributed by atoms with van der Waals surface area (Å²) in [5.74, 6) is 0.198. The molecule has 5 nitrogen and oxygen atoms in total. The third kappa shape index (κ3) is 4.26. The van der Waals surface area contributed by atoms with E-state index in [1.165, 1.54) is 30.2 Å². The predicted octanol–water partition coefficient (Wildman–Crippen LogP) is 3.42. The molecule has 2 aromatic rings. The molecule has 0 bridgehead atoms. The second-order valence-corrected chi connectivity index (χ2v) is 4.64. The van der Waals surface area contributed by atoms with Crippen LogP contribution in [0, 0.1) is 17.3 Å². The number of amidine groups is 1. The van der Waals surface area contributed by atoms with E-state index < -0.39 is 5.82 Å². The molecule has 0 saturated heterocycles. The zero-order valence-electron chi connectivity index (χ0n) is 11.2. The van der Waals surface area contributed by atoms with E-state index in [0.29, 0.717) is 16.6 Å². The number of halogens is 1. The van der Waals surface area contributed by atoms with Gasteiger partial charge in [0.2, 0.25) is 0 Å². The van der Waals surface area contributed by atoms with Crippen molar-refractivity contribution in [2.75, 3.05) is 6.26 Å². The van der Waals surface area contributed by atoms with Crippen LogP contribution in [-0.4, -0.2) is 11.4 Å². The summed E-state index contributed by atoms with van der Waals surface area (Å²) in [5, 5.41) is 11.3. The standard InChI is InChI=1S/C14H12FN3O2S/c1-21-14(17-9-16)18-10-4-5-13(12(15)7-10)20-8-11-3-2-6-19-11/h2-7H,8H2,1H3,(H,17,18). The number of aliphatic imine (C=N–C) groups is 1. The van der Waals surface area contributed by atoms with E-state index in [0.717, 1.165) is 0 Å². The van der Waals surface area contributed by atoms with Gasteiger partial charge in [-0.15, -0.1) is 0 Å². The molecule has 0 aliphatic carbocycles. The molecule has 21 heavy (non-hydrogen) atoms. The highest BCUT2D eigenvalue weighted by Crippen LogP contribution is 2.24. The molecule has 0 amide bonds. The second kappa shape index (κ2) is 7.36. The van der Waals surface area contributed by atoms with Crippen molar-refractivity contribution in [1.29, 1.82) is 5.26 Å². The summed E-state index contributed by atoms with van der Waals surface area (Å²) in [4.78, 5) is 4.11. The monoisotopic (exact) mass is 305 g/mol. The third-order valence-electron chi connectivity index (χ3n) is 2.45. The van der Waals surface area contributed by atoms with Crippen molar-refractivity contribution in [2.24, 2.45) is 4.99 Å². The Hall–Kier alpha value is -2.46.